The molecule has 2 aromatic carbocycles. The number of ether oxygens (including phenoxy) is 3. The van der Waals surface area contributed by atoms with Gasteiger partial charge in [0.25, 0.3) is 0 Å². The van der Waals surface area contributed by atoms with E-state index in [1.165, 1.54) is 31.2 Å². The van der Waals surface area contributed by atoms with Crippen molar-refractivity contribution in [3.8, 4) is 17.2 Å². The molecule has 5 atom stereocenters. The number of esters is 1. The summed E-state index contributed by atoms with van der Waals surface area (Å²) in [5, 5.41) is 60.5. The summed E-state index contributed by atoms with van der Waals surface area (Å²) in [6.45, 7) is 0.728. The van der Waals surface area contributed by atoms with Crippen molar-refractivity contribution in [1.29, 1.82) is 0 Å². The van der Waals surface area contributed by atoms with Gasteiger partial charge in [-0.15, -0.1) is 0 Å². The molecule has 37 heavy (non-hydrogen) atoms. The SMILES string of the molecule is Cc1cc2c(c(O)c1O[C@H]1OC(COC(=O)CC(=O)O)[C@H](O)C(O)C1O)C(=O)c1c(O)cccc1C2=O. The number of carbonyl (C=O) groups excluding carboxylic acids is 3. The number of aliphatic hydroxyl groups is 3. The average molecular weight is 518 g/mol. The van der Waals surface area contributed by atoms with Gasteiger partial charge in [0, 0.05) is 11.1 Å². The summed E-state index contributed by atoms with van der Waals surface area (Å²) in [6, 6.07) is 5.23. The van der Waals surface area contributed by atoms with Crippen LogP contribution in [0.2, 0.25) is 0 Å². The van der Waals surface area contributed by atoms with Gasteiger partial charge in [-0.3, -0.25) is 19.2 Å². The summed E-state index contributed by atoms with van der Waals surface area (Å²) in [5.74, 6) is -5.72. The van der Waals surface area contributed by atoms with Crippen LogP contribution in [-0.4, -0.2) is 91.5 Å². The van der Waals surface area contributed by atoms with E-state index in [2.05, 4.69) is 0 Å². The summed E-state index contributed by atoms with van der Waals surface area (Å²) in [6.07, 6.45) is -9.69. The van der Waals surface area contributed by atoms with Gasteiger partial charge in [0.2, 0.25) is 12.1 Å². The van der Waals surface area contributed by atoms with Gasteiger partial charge >= 0.3 is 11.9 Å². The van der Waals surface area contributed by atoms with Gasteiger partial charge < -0.3 is 44.8 Å². The minimum absolute atomic E-state index is 0.0478. The van der Waals surface area contributed by atoms with E-state index >= 15 is 0 Å². The van der Waals surface area contributed by atoms with E-state index in [4.69, 9.17) is 19.3 Å². The molecule has 0 amide bonds. The number of benzene rings is 2. The molecule has 0 saturated carbocycles. The predicted molar refractivity (Wildman–Crippen MR) is 118 cm³/mol. The van der Waals surface area contributed by atoms with E-state index in [9.17, 15) is 44.7 Å². The van der Waals surface area contributed by atoms with Crippen molar-refractivity contribution in [3.63, 3.8) is 0 Å². The van der Waals surface area contributed by atoms with Gasteiger partial charge in [-0.05, 0) is 24.6 Å². The Bertz CT molecular complexity index is 1300. The number of aliphatic carboxylic acids is 1. The van der Waals surface area contributed by atoms with Crippen LogP contribution in [0.25, 0.3) is 0 Å². The Hall–Kier alpha value is -4.04. The van der Waals surface area contributed by atoms with Crippen molar-refractivity contribution < 1.29 is 64.0 Å². The molecule has 0 spiro atoms. The highest BCUT2D eigenvalue weighted by Gasteiger charge is 2.46. The molecule has 1 saturated heterocycles. The smallest absolute Gasteiger partial charge is 0.317 e. The van der Waals surface area contributed by atoms with Crippen LogP contribution in [0.15, 0.2) is 24.3 Å². The molecule has 3 unspecified atom stereocenters. The first kappa shape index (κ1) is 26.0. The molecule has 1 heterocycles. The highest BCUT2D eigenvalue weighted by Crippen LogP contribution is 2.43. The lowest BCUT2D eigenvalue weighted by atomic mass is 9.82. The maximum atomic E-state index is 13.1. The van der Waals surface area contributed by atoms with Gasteiger partial charge in [0.15, 0.2) is 17.3 Å². The Morgan fingerprint density at radius 1 is 0.973 bits per heavy atom. The first-order valence-electron chi connectivity index (χ1n) is 10.9. The Balaban J connectivity index is 1.63. The maximum absolute atomic E-state index is 13.1. The number of rotatable bonds is 6. The van der Waals surface area contributed by atoms with Crippen molar-refractivity contribution in [1.82, 2.24) is 0 Å². The molecular formula is C24H22O13. The quantitative estimate of drug-likeness (QED) is 0.177. The molecule has 0 bridgehead atoms. The Labute approximate surface area is 208 Å². The van der Waals surface area contributed by atoms with Crippen LogP contribution in [0.4, 0.5) is 0 Å². The normalized spacial score (nSPS) is 24.7. The minimum Gasteiger partial charge on any atom is -0.507 e. The first-order valence-corrected chi connectivity index (χ1v) is 10.9. The number of phenols is 2. The van der Waals surface area contributed by atoms with E-state index < -0.39 is 90.1 Å². The van der Waals surface area contributed by atoms with E-state index in [1.54, 1.807) is 0 Å². The zero-order valence-electron chi connectivity index (χ0n) is 19.2. The first-order chi connectivity index (χ1) is 17.4. The molecule has 6 N–H and O–H groups in total. The molecule has 13 nitrogen and oxygen atoms in total. The van der Waals surface area contributed by atoms with Gasteiger partial charge in [0.1, 0.15) is 43.2 Å². The molecular weight excluding hydrogens is 496 g/mol. The standard InChI is InChI=1S/C24H22O13/c1-8-5-10-16(19(31)15-9(17(10)29)3-2-4-11(15)25)20(32)23(8)37-24-22(34)21(33)18(30)12(36-24)7-35-14(28)6-13(26)27/h2-5,12,18,21-22,24-25,30,32-34H,6-7H2,1H3,(H,26,27)/t12?,18-,21?,22?,24+/m0/s1. The molecule has 4 rings (SSSR count). The monoisotopic (exact) mass is 518 g/mol. The lowest BCUT2D eigenvalue weighted by molar-refractivity contribution is -0.278. The largest absolute Gasteiger partial charge is 0.507 e. The van der Waals surface area contributed by atoms with Crippen LogP contribution >= 0.6 is 0 Å². The predicted octanol–water partition coefficient (Wildman–Crippen LogP) is -0.614. The molecule has 1 aliphatic carbocycles. The fourth-order valence-corrected chi connectivity index (χ4v) is 4.20. The third kappa shape index (κ3) is 4.60. The van der Waals surface area contributed by atoms with E-state index in [-0.39, 0.29) is 22.3 Å². The van der Waals surface area contributed by atoms with E-state index in [1.807, 2.05) is 0 Å². The third-order valence-corrected chi connectivity index (χ3v) is 6.03. The van der Waals surface area contributed by atoms with Crippen LogP contribution in [0.5, 0.6) is 17.2 Å². The zero-order valence-corrected chi connectivity index (χ0v) is 19.2. The number of carbonyl (C=O) groups is 4. The topological polar surface area (TPSA) is 217 Å². The number of aromatic hydroxyl groups is 2. The maximum Gasteiger partial charge on any atom is 0.317 e. The lowest BCUT2D eigenvalue weighted by Gasteiger charge is -2.40. The molecule has 0 aromatic heterocycles. The number of carboxylic acids is 1. The van der Waals surface area contributed by atoms with Gasteiger partial charge in [0.05, 0.1) is 11.1 Å². The fourth-order valence-electron chi connectivity index (χ4n) is 4.20. The van der Waals surface area contributed by atoms with Gasteiger partial charge in [-0.25, -0.2) is 0 Å². The summed E-state index contributed by atoms with van der Waals surface area (Å²) in [4.78, 5) is 48.2. The molecule has 0 radical (unpaired) electrons. The van der Waals surface area contributed by atoms with Crippen LogP contribution in [0.1, 0.15) is 43.8 Å². The van der Waals surface area contributed by atoms with Crippen LogP contribution < -0.4 is 4.74 Å². The van der Waals surface area contributed by atoms with Crippen LogP contribution in [-0.2, 0) is 19.1 Å². The summed E-state index contributed by atoms with van der Waals surface area (Å²) in [7, 11) is 0. The summed E-state index contributed by atoms with van der Waals surface area (Å²) in [5.41, 5.74) is -0.810. The van der Waals surface area contributed by atoms with Crippen molar-refractivity contribution in [2.45, 2.75) is 44.1 Å². The molecule has 2 aliphatic rings. The number of phenolic OH excluding ortho intramolecular Hbond substituents is 2. The lowest BCUT2D eigenvalue weighted by Crippen LogP contribution is -2.60. The summed E-state index contributed by atoms with van der Waals surface area (Å²) < 4.78 is 15.7. The Morgan fingerprint density at radius 2 is 1.68 bits per heavy atom. The molecule has 196 valence electrons. The molecule has 1 aliphatic heterocycles. The summed E-state index contributed by atoms with van der Waals surface area (Å²) >= 11 is 0. The van der Waals surface area contributed by atoms with Crippen molar-refractivity contribution in [3.05, 3.63) is 52.1 Å². The van der Waals surface area contributed by atoms with Crippen molar-refractivity contribution in [2.75, 3.05) is 6.61 Å². The number of hydrogen-bond acceptors (Lipinski definition) is 12. The van der Waals surface area contributed by atoms with Crippen LogP contribution in [0.3, 0.4) is 0 Å². The Kier molecular flexibility index (Phi) is 6.88. The van der Waals surface area contributed by atoms with E-state index in [0.717, 1.165) is 0 Å². The minimum atomic E-state index is -1.88. The molecule has 1 fully saturated rings. The highest BCUT2D eigenvalue weighted by molar-refractivity contribution is 6.30. The Morgan fingerprint density at radius 3 is 2.35 bits per heavy atom. The second-order valence-corrected chi connectivity index (χ2v) is 8.54. The second-order valence-electron chi connectivity index (χ2n) is 8.54. The number of ketones is 2. The number of aliphatic hydroxyl groups excluding tert-OH is 3. The fraction of sp³-hybridized carbons (Fsp3) is 0.333. The van der Waals surface area contributed by atoms with E-state index in [0.29, 0.717) is 0 Å². The number of aryl methyl sites for hydroxylation is 1. The highest BCUT2D eigenvalue weighted by atomic mass is 16.7. The van der Waals surface area contributed by atoms with Crippen LogP contribution in [0, 0.1) is 6.92 Å². The number of fused-ring (bicyclic) bond motifs is 2. The number of hydrogen-bond donors (Lipinski definition) is 6. The second kappa shape index (κ2) is 9.78. The molecule has 13 heteroatoms. The van der Waals surface area contributed by atoms with Gasteiger partial charge in [-0.1, -0.05) is 12.1 Å². The average Bonchev–Trinajstić information content (AvgIpc) is 2.83. The van der Waals surface area contributed by atoms with Gasteiger partial charge in [-0.2, -0.15) is 0 Å². The zero-order chi connectivity index (χ0) is 27.2. The third-order valence-electron chi connectivity index (χ3n) is 6.03. The number of carboxylic acid groups (broad SMARTS) is 1. The van der Waals surface area contributed by atoms with Crippen molar-refractivity contribution >= 4 is 23.5 Å². The molecule has 2 aromatic rings. The van der Waals surface area contributed by atoms with Crippen molar-refractivity contribution in [2.24, 2.45) is 0 Å².